The van der Waals surface area contributed by atoms with Gasteiger partial charge < -0.3 is 4.90 Å². The first kappa shape index (κ1) is 24.3. The molecule has 3 heteroatoms. The lowest BCUT2D eigenvalue weighted by Gasteiger charge is -2.16. The van der Waals surface area contributed by atoms with Gasteiger partial charge in [0.05, 0.1) is 10.7 Å². The lowest BCUT2D eigenvalue weighted by atomic mass is 9.90. The normalized spacial score (nSPS) is 12.5. The first-order valence-electron chi connectivity index (χ1n) is 11.9. The molecule has 0 radical (unpaired) electrons. The molecule has 1 heterocycles. The van der Waals surface area contributed by atoms with Crippen LogP contribution in [0.25, 0.3) is 11.3 Å². The van der Waals surface area contributed by atoms with Crippen LogP contribution in [0.2, 0.25) is 0 Å². The smallest absolute Gasteiger partial charge is 0.0935 e. The van der Waals surface area contributed by atoms with Gasteiger partial charge in [0.1, 0.15) is 0 Å². The average Bonchev–Trinajstić information content (AvgIpc) is 3.29. The van der Waals surface area contributed by atoms with Crippen molar-refractivity contribution in [2.75, 3.05) is 13.6 Å². The minimum absolute atomic E-state index is 1.03. The van der Waals surface area contributed by atoms with Gasteiger partial charge >= 0.3 is 0 Å². The number of benzene rings is 2. The van der Waals surface area contributed by atoms with Crippen molar-refractivity contribution in [2.45, 2.75) is 66.2 Å². The molecule has 2 nitrogen and oxygen atoms in total. The van der Waals surface area contributed by atoms with Crippen LogP contribution in [0.1, 0.15) is 58.2 Å². The largest absolute Gasteiger partial charge is 0.381 e. The first-order chi connectivity index (χ1) is 15.4. The Hall–Kier alpha value is -2.39. The maximum absolute atomic E-state index is 4.93. The third-order valence-corrected chi connectivity index (χ3v) is 7.48. The molecule has 0 amide bonds. The molecule has 0 bridgehead atoms. The number of hydrogen-bond donors (Lipinski definition) is 0. The van der Waals surface area contributed by atoms with Crippen LogP contribution in [0.5, 0.6) is 0 Å². The van der Waals surface area contributed by atoms with Crippen LogP contribution in [-0.2, 0) is 25.7 Å². The summed E-state index contributed by atoms with van der Waals surface area (Å²) >= 11 is 1.80. The highest BCUT2D eigenvalue weighted by Crippen LogP contribution is 2.29. The second kappa shape index (κ2) is 11.5. The van der Waals surface area contributed by atoms with Crippen LogP contribution in [-0.4, -0.2) is 23.5 Å². The monoisotopic (exact) mass is 446 g/mol. The quantitative estimate of drug-likeness (QED) is 0.390. The van der Waals surface area contributed by atoms with Crippen molar-refractivity contribution in [2.24, 2.45) is 0 Å². The molecule has 0 fully saturated rings. The van der Waals surface area contributed by atoms with E-state index in [2.05, 4.69) is 70.0 Å². The number of aromatic nitrogens is 1. The predicted molar refractivity (Wildman–Crippen MR) is 141 cm³/mol. The van der Waals surface area contributed by atoms with Gasteiger partial charge in [-0.05, 0) is 105 Å². The number of hydrogen-bond acceptors (Lipinski definition) is 3. The molecule has 0 saturated heterocycles. The molecule has 0 spiro atoms. The molecule has 2 aromatic carbocycles. The topological polar surface area (TPSA) is 16.1 Å². The number of aryl methyl sites for hydroxylation is 7. The van der Waals surface area contributed by atoms with E-state index in [9.17, 15) is 0 Å². The summed E-state index contributed by atoms with van der Waals surface area (Å²) in [4.78, 5) is 6.95. The van der Waals surface area contributed by atoms with Crippen molar-refractivity contribution in [3.05, 3.63) is 86.9 Å². The molecule has 0 N–H and O–H groups in total. The van der Waals surface area contributed by atoms with Crippen molar-refractivity contribution in [1.29, 1.82) is 0 Å². The van der Waals surface area contributed by atoms with Crippen LogP contribution >= 0.6 is 11.3 Å². The lowest BCUT2D eigenvalue weighted by molar-refractivity contribution is 0.486. The van der Waals surface area contributed by atoms with Crippen molar-refractivity contribution in [1.82, 2.24) is 9.88 Å². The number of thiazole rings is 1. The van der Waals surface area contributed by atoms with Crippen LogP contribution < -0.4 is 0 Å². The lowest BCUT2D eigenvalue weighted by Crippen LogP contribution is -2.06. The predicted octanol–water partition coefficient (Wildman–Crippen LogP) is 7.48. The Kier molecular flexibility index (Phi) is 8.69. The number of rotatable bonds is 6. The fourth-order valence-electron chi connectivity index (χ4n) is 4.11. The van der Waals surface area contributed by atoms with Crippen molar-refractivity contribution in [3.63, 3.8) is 0 Å². The van der Waals surface area contributed by atoms with Crippen molar-refractivity contribution < 1.29 is 0 Å². The Balaban J connectivity index is 0.000000427. The zero-order chi connectivity index (χ0) is 23.1. The Morgan fingerprint density at radius 2 is 1.69 bits per heavy atom. The average molecular weight is 447 g/mol. The molecule has 1 aromatic heterocycles. The molecular formula is C29H38N2S. The van der Waals surface area contributed by atoms with E-state index >= 15 is 0 Å². The summed E-state index contributed by atoms with van der Waals surface area (Å²) in [5.41, 5.74) is 11.1. The van der Waals surface area contributed by atoms with E-state index < -0.39 is 0 Å². The standard InChI is InChI=1S/C24H27NS.C5H11N/c1-16-12-18(3)20(13-17(16)2)10-11-24-25-23(15-26-24)22-9-8-19-6-4-5-7-21(19)14-22;1-4-6(3)5-2/h8-9,12-15H,4-7,10-11H2,1-3H3;4H,1,5H2,2-3H3. The third kappa shape index (κ3) is 6.32. The summed E-state index contributed by atoms with van der Waals surface area (Å²) in [6.45, 7) is 13.3. The molecule has 3 aromatic rings. The highest BCUT2D eigenvalue weighted by atomic mass is 32.1. The molecule has 1 aliphatic carbocycles. The van der Waals surface area contributed by atoms with Crippen molar-refractivity contribution in [3.8, 4) is 11.3 Å². The van der Waals surface area contributed by atoms with E-state index in [0.717, 1.165) is 25.1 Å². The van der Waals surface area contributed by atoms with Gasteiger partial charge in [-0.25, -0.2) is 4.98 Å². The SMILES string of the molecule is C=CN(C)CC.Cc1cc(C)c(CCc2nc(-c3ccc4c(c3)CCCC4)cs2)cc1C. The van der Waals surface area contributed by atoms with E-state index in [1.807, 2.05) is 11.9 Å². The first-order valence-corrected chi connectivity index (χ1v) is 12.7. The van der Waals surface area contributed by atoms with E-state index in [1.165, 1.54) is 64.1 Å². The second-order valence-electron chi connectivity index (χ2n) is 8.94. The fourth-order valence-corrected chi connectivity index (χ4v) is 4.92. The fraction of sp³-hybridized carbons (Fsp3) is 0.414. The van der Waals surface area contributed by atoms with Crippen LogP contribution in [0, 0.1) is 20.8 Å². The molecule has 0 saturated carbocycles. The number of fused-ring (bicyclic) bond motifs is 1. The summed E-state index contributed by atoms with van der Waals surface area (Å²) in [6.07, 6.45) is 9.04. The van der Waals surface area contributed by atoms with Gasteiger partial charge in [0.25, 0.3) is 0 Å². The van der Waals surface area contributed by atoms with Gasteiger partial charge in [-0.3, -0.25) is 0 Å². The van der Waals surface area contributed by atoms with Crippen LogP contribution in [0.3, 0.4) is 0 Å². The van der Waals surface area contributed by atoms with Crippen LogP contribution in [0.4, 0.5) is 0 Å². The Labute approximate surface area is 199 Å². The van der Waals surface area contributed by atoms with E-state index in [4.69, 9.17) is 4.98 Å². The Bertz CT molecular complexity index is 1050. The third-order valence-electron chi connectivity index (χ3n) is 6.57. The molecule has 0 aliphatic heterocycles. The van der Waals surface area contributed by atoms with Gasteiger partial charge in [-0.2, -0.15) is 0 Å². The summed E-state index contributed by atoms with van der Waals surface area (Å²) < 4.78 is 0. The summed E-state index contributed by atoms with van der Waals surface area (Å²) in [7, 11) is 1.99. The van der Waals surface area contributed by atoms with Crippen LogP contribution in [0.15, 0.2) is 48.5 Å². The van der Waals surface area contributed by atoms with Gasteiger partial charge in [0, 0.05) is 31.0 Å². The minimum Gasteiger partial charge on any atom is -0.381 e. The molecule has 0 unspecified atom stereocenters. The Morgan fingerprint density at radius 3 is 2.38 bits per heavy atom. The highest BCUT2D eigenvalue weighted by molar-refractivity contribution is 7.09. The molecule has 1 aliphatic rings. The van der Waals surface area contributed by atoms with Gasteiger partial charge in [0.2, 0.25) is 0 Å². The summed E-state index contributed by atoms with van der Waals surface area (Å²) in [5.74, 6) is 0. The minimum atomic E-state index is 1.03. The summed E-state index contributed by atoms with van der Waals surface area (Å²) in [5, 5.41) is 3.47. The van der Waals surface area contributed by atoms with Gasteiger partial charge in [-0.1, -0.05) is 30.8 Å². The highest BCUT2D eigenvalue weighted by Gasteiger charge is 2.12. The summed E-state index contributed by atoms with van der Waals surface area (Å²) in [6, 6.07) is 11.6. The molecule has 4 rings (SSSR count). The molecule has 170 valence electrons. The zero-order valence-electron chi connectivity index (χ0n) is 20.5. The molecule has 0 atom stereocenters. The maximum Gasteiger partial charge on any atom is 0.0935 e. The van der Waals surface area contributed by atoms with Crippen molar-refractivity contribution >= 4 is 11.3 Å². The van der Waals surface area contributed by atoms with E-state index in [1.54, 1.807) is 23.1 Å². The molecule has 32 heavy (non-hydrogen) atoms. The molecular weight excluding hydrogens is 408 g/mol. The van der Waals surface area contributed by atoms with Gasteiger partial charge in [-0.15, -0.1) is 11.3 Å². The number of nitrogens with zero attached hydrogens (tertiary/aromatic N) is 2. The Morgan fingerprint density at radius 1 is 0.969 bits per heavy atom. The maximum atomic E-state index is 4.93. The second-order valence-corrected chi connectivity index (χ2v) is 9.88. The van der Waals surface area contributed by atoms with E-state index in [0.29, 0.717) is 0 Å². The van der Waals surface area contributed by atoms with Gasteiger partial charge in [0.15, 0.2) is 0 Å². The zero-order valence-corrected chi connectivity index (χ0v) is 21.3. The van der Waals surface area contributed by atoms with E-state index in [-0.39, 0.29) is 0 Å².